The molecule has 0 saturated carbocycles. The zero-order valence-corrected chi connectivity index (χ0v) is 14.1. The fourth-order valence-corrected chi connectivity index (χ4v) is 2.22. The summed E-state index contributed by atoms with van der Waals surface area (Å²) >= 11 is 0. The molecule has 23 heavy (non-hydrogen) atoms. The lowest BCUT2D eigenvalue weighted by molar-refractivity contribution is -0.137. The van der Waals surface area contributed by atoms with Gasteiger partial charge in [0.2, 0.25) is 0 Å². The number of aliphatic hydroxyl groups excluding tert-OH is 3. The van der Waals surface area contributed by atoms with Crippen molar-refractivity contribution in [1.82, 2.24) is 0 Å². The molecule has 134 valence electrons. The molecule has 0 fully saturated rings. The maximum Gasteiger partial charge on any atom is 0.303 e. The van der Waals surface area contributed by atoms with Crippen LogP contribution in [-0.4, -0.2) is 44.7 Å². The van der Waals surface area contributed by atoms with Crippen LogP contribution in [-0.2, 0) is 4.79 Å². The predicted molar refractivity (Wildman–Crippen MR) is 91.2 cm³/mol. The van der Waals surface area contributed by atoms with Crippen LogP contribution >= 0.6 is 0 Å². The highest BCUT2D eigenvalue weighted by atomic mass is 16.4. The number of allylic oxidation sites excluding steroid dienone is 3. The Morgan fingerprint density at radius 2 is 1.65 bits per heavy atom. The molecular weight excluding hydrogens is 296 g/mol. The van der Waals surface area contributed by atoms with E-state index < -0.39 is 24.3 Å². The summed E-state index contributed by atoms with van der Waals surface area (Å²) in [7, 11) is 0. The van der Waals surface area contributed by atoms with Gasteiger partial charge in [0.15, 0.2) is 0 Å². The molecule has 0 aromatic heterocycles. The largest absolute Gasteiger partial charge is 0.481 e. The minimum absolute atomic E-state index is 0.143. The van der Waals surface area contributed by atoms with Crippen molar-refractivity contribution in [3.63, 3.8) is 0 Å². The second-order valence-corrected chi connectivity index (χ2v) is 5.84. The Kier molecular flexibility index (Phi) is 13.7. The number of carboxylic acid groups (broad SMARTS) is 1. The number of carboxylic acids is 1. The van der Waals surface area contributed by atoms with E-state index >= 15 is 0 Å². The van der Waals surface area contributed by atoms with Crippen molar-refractivity contribution in [2.24, 2.45) is 0 Å². The molecule has 5 nitrogen and oxygen atoms in total. The molecule has 3 unspecified atom stereocenters. The fraction of sp³-hybridized carbons (Fsp3) is 0.722. The number of hydrogen-bond acceptors (Lipinski definition) is 4. The molecule has 0 saturated heterocycles. The van der Waals surface area contributed by atoms with E-state index in [9.17, 15) is 20.1 Å². The molecule has 0 aliphatic rings. The standard InChI is InChI=1S/C18H32O5/c1-2-3-4-5-6-9-12-16(20)17(21)14-15(19)11-8-7-10-13-18(22)23/h3-4,6,9,15-17,19-21H,2,5,7-8,10-14H2,1H3,(H,22,23). The molecule has 4 N–H and O–H groups in total. The topological polar surface area (TPSA) is 98.0 Å². The first-order valence-corrected chi connectivity index (χ1v) is 8.53. The highest BCUT2D eigenvalue weighted by Gasteiger charge is 2.18. The van der Waals surface area contributed by atoms with Crippen molar-refractivity contribution >= 4 is 5.97 Å². The lowest BCUT2D eigenvalue weighted by atomic mass is 10.00. The third-order valence-corrected chi connectivity index (χ3v) is 3.60. The summed E-state index contributed by atoms with van der Waals surface area (Å²) in [6.45, 7) is 2.07. The van der Waals surface area contributed by atoms with Gasteiger partial charge >= 0.3 is 5.97 Å². The minimum Gasteiger partial charge on any atom is -0.481 e. The Morgan fingerprint density at radius 1 is 0.957 bits per heavy atom. The lowest BCUT2D eigenvalue weighted by Crippen LogP contribution is -2.29. The van der Waals surface area contributed by atoms with Crippen LogP contribution in [0.4, 0.5) is 0 Å². The maximum absolute atomic E-state index is 10.4. The number of hydrogen-bond donors (Lipinski definition) is 4. The quantitative estimate of drug-likeness (QED) is 0.290. The molecule has 0 amide bonds. The van der Waals surface area contributed by atoms with E-state index in [1.807, 2.05) is 18.2 Å². The minimum atomic E-state index is -0.945. The van der Waals surface area contributed by atoms with Gasteiger partial charge in [-0.25, -0.2) is 0 Å². The third kappa shape index (κ3) is 14.2. The van der Waals surface area contributed by atoms with Crippen molar-refractivity contribution in [2.75, 3.05) is 0 Å². The van der Waals surface area contributed by atoms with Crippen LogP contribution in [0.3, 0.4) is 0 Å². The van der Waals surface area contributed by atoms with Crippen molar-refractivity contribution in [1.29, 1.82) is 0 Å². The molecule has 0 radical (unpaired) electrons. The molecule has 0 rings (SSSR count). The van der Waals surface area contributed by atoms with Gasteiger partial charge in [0.05, 0.1) is 18.3 Å². The average Bonchev–Trinajstić information content (AvgIpc) is 2.49. The van der Waals surface area contributed by atoms with Crippen LogP contribution in [0.15, 0.2) is 24.3 Å². The summed E-state index contributed by atoms with van der Waals surface area (Å²) in [4.78, 5) is 10.4. The van der Waals surface area contributed by atoms with Gasteiger partial charge in [-0.1, -0.05) is 44.1 Å². The zero-order chi connectivity index (χ0) is 17.5. The fourth-order valence-electron chi connectivity index (χ4n) is 2.22. The van der Waals surface area contributed by atoms with Crippen LogP contribution in [0.5, 0.6) is 0 Å². The zero-order valence-electron chi connectivity index (χ0n) is 14.1. The molecule has 5 heteroatoms. The van der Waals surface area contributed by atoms with Gasteiger partial charge < -0.3 is 20.4 Å². The normalized spacial score (nSPS) is 16.0. The molecule has 0 bridgehead atoms. The number of aliphatic carboxylic acids is 1. The number of carbonyl (C=O) groups is 1. The third-order valence-electron chi connectivity index (χ3n) is 3.60. The molecular formula is C18H32O5. The second-order valence-electron chi connectivity index (χ2n) is 5.84. The monoisotopic (exact) mass is 328 g/mol. The highest BCUT2D eigenvalue weighted by Crippen LogP contribution is 2.13. The summed E-state index contributed by atoms with van der Waals surface area (Å²) in [5.41, 5.74) is 0. The van der Waals surface area contributed by atoms with Crippen molar-refractivity contribution in [3.8, 4) is 0 Å². The summed E-state index contributed by atoms with van der Waals surface area (Å²) in [6.07, 6.45) is 10.5. The summed E-state index contributed by atoms with van der Waals surface area (Å²) in [5.74, 6) is -0.803. The molecule has 0 spiro atoms. The number of aliphatic hydroxyl groups is 3. The van der Waals surface area contributed by atoms with Crippen LogP contribution in [0, 0.1) is 0 Å². The van der Waals surface area contributed by atoms with Crippen molar-refractivity contribution in [3.05, 3.63) is 24.3 Å². The number of rotatable bonds is 14. The van der Waals surface area contributed by atoms with E-state index in [-0.39, 0.29) is 12.8 Å². The summed E-state index contributed by atoms with van der Waals surface area (Å²) in [6, 6.07) is 0. The predicted octanol–water partition coefficient (Wildman–Crippen LogP) is 2.80. The molecule has 0 aliphatic heterocycles. The molecule has 0 aromatic carbocycles. The SMILES string of the molecule is CCC=CCC=CCC(O)C(O)CC(O)CCCCCC(=O)O. The molecule has 3 atom stereocenters. The molecule has 0 aliphatic carbocycles. The van der Waals surface area contributed by atoms with Crippen molar-refractivity contribution < 1.29 is 25.2 Å². The van der Waals surface area contributed by atoms with Crippen LogP contribution in [0.25, 0.3) is 0 Å². The lowest BCUT2D eigenvalue weighted by Gasteiger charge is -2.19. The Morgan fingerprint density at radius 3 is 2.30 bits per heavy atom. The second kappa shape index (κ2) is 14.4. The Bertz CT molecular complexity index is 351. The summed E-state index contributed by atoms with van der Waals surface area (Å²) in [5, 5.41) is 38.1. The van der Waals surface area contributed by atoms with Gasteiger partial charge in [0.1, 0.15) is 0 Å². The van der Waals surface area contributed by atoms with Crippen LogP contribution in [0.1, 0.15) is 64.7 Å². The maximum atomic E-state index is 10.4. The van der Waals surface area contributed by atoms with Gasteiger partial charge in [-0.15, -0.1) is 0 Å². The van der Waals surface area contributed by atoms with Gasteiger partial charge in [-0.3, -0.25) is 4.79 Å². The Labute approximate surface area is 139 Å². The van der Waals surface area contributed by atoms with E-state index in [0.29, 0.717) is 19.3 Å². The van der Waals surface area contributed by atoms with E-state index in [2.05, 4.69) is 13.0 Å². The van der Waals surface area contributed by atoms with Crippen LogP contribution in [0.2, 0.25) is 0 Å². The highest BCUT2D eigenvalue weighted by molar-refractivity contribution is 5.66. The van der Waals surface area contributed by atoms with E-state index in [4.69, 9.17) is 5.11 Å². The average molecular weight is 328 g/mol. The Hall–Kier alpha value is -1.17. The number of unbranched alkanes of at least 4 members (excludes halogenated alkanes) is 2. The Balaban J connectivity index is 3.77. The van der Waals surface area contributed by atoms with Gasteiger partial charge in [0.25, 0.3) is 0 Å². The summed E-state index contributed by atoms with van der Waals surface area (Å²) < 4.78 is 0. The smallest absolute Gasteiger partial charge is 0.303 e. The van der Waals surface area contributed by atoms with E-state index in [0.717, 1.165) is 25.7 Å². The molecule has 0 heterocycles. The van der Waals surface area contributed by atoms with E-state index in [1.165, 1.54) is 0 Å². The van der Waals surface area contributed by atoms with Gasteiger partial charge in [0, 0.05) is 12.8 Å². The first kappa shape index (κ1) is 21.8. The van der Waals surface area contributed by atoms with E-state index in [1.54, 1.807) is 0 Å². The van der Waals surface area contributed by atoms with Gasteiger partial charge in [-0.2, -0.15) is 0 Å². The molecule has 0 aromatic rings. The van der Waals surface area contributed by atoms with Gasteiger partial charge in [-0.05, 0) is 32.1 Å². The van der Waals surface area contributed by atoms with Crippen molar-refractivity contribution in [2.45, 2.75) is 83.0 Å². The first-order valence-electron chi connectivity index (χ1n) is 8.53. The van der Waals surface area contributed by atoms with Crippen LogP contribution < -0.4 is 0 Å². The first-order chi connectivity index (χ1) is 11.0.